The van der Waals surface area contributed by atoms with Crippen molar-refractivity contribution in [1.82, 2.24) is 5.06 Å². The minimum absolute atomic E-state index is 1.51. The van der Waals surface area contributed by atoms with Gasteiger partial charge in [-0.2, -0.15) is 0 Å². The second-order valence-corrected chi connectivity index (χ2v) is 1.10. The molecule has 0 aromatic carbocycles. The van der Waals surface area contributed by atoms with Gasteiger partial charge in [0.05, 0.1) is 7.11 Å². The van der Waals surface area contributed by atoms with Crippen molar-refractivity contribution in [1.29, 1.82) is 0 Å². The molecular formula is C4H10N2O. The number of hydroxylamine groups is 2. The van der Waals surface area contributed by atoms with Gasteiger partial charge in [0.2, 0.25) is 0 Å². The average molecular weight is 102 g/mol. The van der Waals surface area contributed by atoms with Gasteiger partial charge in [-0.05, 0) is 0 Å². The zero-order chi connectivity index (χ0) is 5.70. The van der Waals surface area contributed by atoms with Gasteiger partial charge in [-0.15, -0.1) is 0 Å². The summed E-state index contributed by atoms with van der Waals surface area (Å²) in [5.41, 5.74) is 0. The molecule has 0 aromatic rings. The Balaban J connectivity index is 3.16. The molecule has 3 nitrogen and oxygen atoms in total. The van der Waals surface area contributed by atoms with Gasteiger partial charge >= 0.3 is 0 Å². The summed E-state index contributed by atoms with van der Waals surface area (Å²) in [7, 11) is 5.05. The van der Waals surface area contributed by atoms with Crippen LogP contribution in [-0.4, -0.2) is 32.6 Å². The molecule has 0 rings (SSSR count). The largest absolute Gasteiger partial charge is 0.277 e. The van der Waals surface area contributed by atoms with Gasteiger partial charge in [-0.25, -0.2) is 5.06 Å². The SMILES string of the molecule is C/N=C/N(C)OC. The first kappa shape index (κ1) is 6.43. The van der Waals surface area contributed by atoms with E-state index in [0.29, 0.717) is 0 Å². The van der Waals surface area contributed by atoms with Crippen molar-refractivity contribution in [2.75, 3.05) is 21.2 Å². The van der Waals surface area contributed by atoms with Gasteiger partial charge in [0.1, 0.15) is 6.34 Å². The highest BCUT2D eigenvalue weighted by Crippen LogP contribution is 1.70. The molecule has 0 aliphatic heterocycles. The molecule has 0 aliphatic rings. The minimum Gasteiger partial charge on any atom is -0.277 e. The molecule has 0 N–H and O–H groups in total. The summed E-state index contributed by atoms with van der Waals surface area (Å²) < 4.78 is 0. The van der Waals surface area contributed by atoms with Crippen LogP contribution in [0.3, 0.4) is 0 Å². The fourth-order valence-electron chi connectivity index (χ4n) is 0.210. The van der Waals surface area contributed by atoms with Crippen LogP contribution in [0.4, 0.5) is 0 Å². The van der Waals surface area contributed by atoms with Crippen LogP contribution in [-0.2, 0) is 4.84 Å². The van der Waals surface area contributed by atoms with E-state index in [1.807, 2.05) is 0 Å². The van der Waals surface area contributed by atoms with Crippen LogP contribution in [0.5, 0.6) is 0 Å². The fraction of sp³-hybridized carbons (Fsp3) is 0.750. The standard InChI is InChI=1S/C4H10N2O/c1-5-4-6(2)7-3/h4H,1-3H3/b5-4+. The molecule has 0 spiro atoms. The first-order valence-corrected chi connectivity index (χ1v) is 2.00. The summed E-state index contributed by atoms with van der Waals surface area (Å²) in [4.78, 5) is 8.36. The molecule has 0 atom stereocenters. The van der Waals surface area contributed by atoms with Crippen LogP contribution in [0.15, 0.2) is 4.99 Å². The number of rotatable bonds is 2. The molecule has 0 saturated carbocycles. The summed E-state index contributed by atoms with van der Waals surface area (Å²) in [6.07, 6.45) is 1.58. The van der Waals surface area contributed by atoms with Crippen molar-refractivity contribution in [3.05, 3.63) is 0 Å². The second-order valence-electron chi connectivity index (χ2n) is 1.10. The highest BCUT2D eigenvalue weighted by atomic mass is 16.7. The lowest BCUT2D eigenvalue weighted by atomic mass is 11.1. The predicted molar refractivity (Wildman–Crippen MR) is 29.2 cm³/mol. The molecule has 7 heavy (non-hydrogen) atoms. The van der Waals surface area contributed by atoms with E-state index in [-0.39, 0.29) is 0 Å². The van der Waals surface area contributed by atoms with Gasteiger partial charge in [0.15, 0.2) is 0 Å². The maximum Gasteiger partial charge on any atom is 0.109 e. The molecular weight excluding hydrogens is 92.1 g/mol. The molecule has 0 amide bonds. The summed E-state index contributed by atoms with van der Waals surface area (Å²) in [5.74, 6) is 0. The number of nitrogens with zero attached hydrogens (tertiary/aromatic N) is 2. The smallest absolute Gasteiger partial charge is 0.109 e. The van der Waals surface area contributed by atoms with Crippen LogP contribution in [0, 0.1) is 0 Å². The summed E-state index contributed by atoms with van der Waals surface area (Å²) in [6.45, 7) is 0. The van der Waals surface area contributed by atoms with Crippen molar-refractivity contribution in [2.24, 2.45) is 4.99 Å². The summed E-state index contributed by atoms with van der Waals surface area (Å²) in [5, 5.41) is 1.51. The van der Waals surface area contributed by atoms with Crippen molar-refractivity contribution in [2.45, 2.75) is 0 Å². The number of aliphatic imine (C=N–C) groups is 1. The van der Waals surface area contributed by atoms with E-state index in [2.05, 4.69) is 9.83 Å². The van der Waals surface area contributed by atoms with Gasteiger partial charge in [0, 0.05) is 14.1 Å². The summed E-state index contributed by atoms with van der Waals surface area (Å²) >= 11 is 0. The quantitative estimate of drug-likeness (QED) is 0.281. The van der Waals surface area contributed by atoms with Crippen molar-refractivity contribution in [3.8, 4) is 0 Å². The molecule has 0 unspecified atom stereocenters. The Labute approximate surface area is 43.6 Å². The monoisotopic (exact) mass is 102 g/mol. The highest BCUT2D eigenvalue weighted by Gasteiger charge is 1.77. The Morgan fingerprint density at radius 1 is 1.71 bits per heavy atom. The third-order valence-electron chi connectivity index (χ3n) is 0.566. The van der Waals surface area contributed by atoms with Crippen LogP contribution in [0.25, 0.3) is 0 Å². The molecule has 0 bridgehead atoms. The Bertz CT molecular complexity index is 62.7. The first-order chi connectivity index (χ1) is 3.31. The van der Waals surface area contributed by atoms with E-state index >= 15 is 0 Å². The molecule has 0 aliphatic carbocycles. The Morgan fingerprint density at radius 3 is 2.43 bits per heavy atom. The van der Waals surface area contributed by atoms with Gasteiger partial charge in [-0.1, -0.05) is 0 Å². The van der Waals surface area contributed by atoms with Gasteiger partial charge < -0.3 is 0 Å². The Kier molecular flexibility index (Phi) is 3.32. The van der Waals surface area contributed by atoms with Crippen molar-refractivity contribution >= 4 is 6.34 Å². The minimum atomic E-state index is 1.51. The van der Waals surface area contributed by atoms with E-state index < -0.39 is 0 Å². The van der Waals surface area contributed by atoms with Gasteiger partial charge in [-0.3, -0.25) is 9.83 Å². The molecule has 0 fully saturated rings. The third kappa shape index (κ3) is 3.26. The third-order valence-corrected chi connectivity index (χ3v) is 0.566. The molecule has 0 radical (unpaired) electrons. The lowest BCUT2D eigenvalue weighted by molar-refractivity contribution is -0.0364. The van der Waals surface area contributed by atoms with Crippen LogP contribution < -0.4 is 0 Å². The fourth-order valence-corrected chi connectivity index (χ4v) is 0.210. The second kappa shape index (κ2) is 3.61. The number of hydrogen-bond donors (Lipinski definition) is 0. The topological polar surface area (TPSA) is 24.8 Å². The normalized spacial score (nSPS) is 10.1. The molecule has 0 aromatic heterocycles. The molecule has 0 heterocycles. The first-order valence-electron chi connectivity index (χ1n) is 2.00. The molecule has 42 valence electrons. The average Bonchev–Trinajstić information content (AvgIpc) is 1.68. The zero-order valence-corrected chi connectivity index (χ0v) is 4.88. The Hall–Kier alpha value is -0.570. The van der Waals surface area contributed by atoms with Crippen molar-refractivity contribution < 1.29 is 4.84 Å². The molecule has 3 heteroatoms. The van der Waals surface area contributed by atoms with E-state index in [1.165, 1.54) is 5.06 Å². The van der Waals surface area contributed by atoms with Gasteiger partial charge in [0.25, 0.3) is 0 Å². The highest BCUT2D eigenvalue weighted by molar-refractivity contribution is 5.52. The van der Waals surface area contributed by atoms with Crippen LogP contribution >= 0.6 is 0 Å². The maximum absolute atomic E-state index is 4.67. The lowest BCUT2D eigenvalue weighted by Gasteiger charge is -2.05. The van der Waals surface area contributed by atoms with Crippen LogP contribution in [0.1, 0.15) is 0 Å². The predicted octanol–water partition coefficient (Wildman–Crippen LogP) is 0.138. The lowest BCUT2D eigenvalue weighted by Crippen LogP contribution is -2.13. The van der Waals surface area contributed by atoms with Crippen molar-refractivity contribution in [3.63, 3.8) is 0 Å². The zero-order valence-electron chi connectivity index (χ0n) is 4.88. The molecule has 0 saturated heterocycles. The van der Waals surface area contributed by atoms with E-state index in [1.54, 1.807) is 27.5 Å². The van der Waals surface area contributed by atoms with E-state index in [4.69, 9.17) is 0 Å². The summed E-state index contributed by atoms with van der Waals surface area (Å²) in [6, 6.07) is 0. The van der Waals surface area contributed by atoms with E-state index in [0.717, 1.165) is 0 Å². The number of hydrogen-bond acceptors (Lipinski definition) is 2. The Morgan fingerprint density at radius 2 is 2.29 bits per heavy atom. The maximum atomic E-state index is 4.67. The van der Waals surface area contributed by atoms with E-state index in [9.17, 15) is 0 Å². The van der Waals surface area contributed by atoms with Crippen LogP contribution in [0.2, 0.25) is 0 Å².